The monoisotopic (exact) mass is 470 g/mol. The van der Waals surface area contributed by atoms with Crippen molar-refractivity contribution in [3.8, 4) is 17.2 Å². The summed E-state index contributed by atoms with van der Waals surface area (Å²) in [5.41, 5.74) is 1.51. The molecule has 0 saturated carbocycles. The summed E-state index contributed by atoms with van der Waals surface area (Å²) in [7, 11) is 3.72. The quantitative estimate of drug-likeness (QED) is 0.441. The van der Waals surface area contributed by atoms with Gasteiger partial charge in [0.25, 0.3) is 5.91 Å². The first-order valence-electron chi connectivity index (χ1n) is 12.2. The van der Waals surface area contributed by atoms with E-state index in [1.54, 1.807) is 25.3 Å². The van der Waals surface area contributed by atoms with E-state index in [2.05, 4.69) is 24.2 Å². The number of methoxy groups -OCH3 is 1. The van der Waals surface area contributed by atoms with Crippen molar-refractivity contribution in [3.63, 3.8) is 0 Å². The third-order valence-corrected chi connectivity index (χ3v) is 6.06. The van der Waals surface area contributed by atoms with Crippen LogP contribution >= 0.6 is 0 Å². The van der Waals surface area contributed by atoms with E-state index in [9.17, 15) is 4.79 Å². The van der Waals surface area contributed by atoms with E-state index in [0.29, 0.717) is 42.9 Å². The predicted molar refractivity (Wildman–Crippen MR) is 133 cm³/mol. The normalized spacial score (nSPS) is 14.1. The van der Waals surface area contributed by atoms with Gasteiger partial charge in [-0.3, -0.25) is 9.69 Å². The predicted octanol–water partition coefficient (Wildman–Crippen LogP) is 4.29. The fourth-order valence-corrected chi connectivity index (χ4v) is 3.90. The molecular weight excluding hydrogens is 432 g/mol. The molecule has 7 heteroatoms. The summed E-state index contributed by atoms with van der Waals surface area (Å²) in [4.78, 5) is 15.0. The smallest absolute Gasteiger partial charge is 0.251 e. The number of likely N-dealkylation sites (N-methyl/N-ethyl adjacent to an activating group) is 1. The van der Waals surface area contributed by atoms with Gasteiger partial charge in [-0.1, -0.05) is 25.5 Å². The first-order valence-corrected chi connectivity index (χ1v) is 12.2. The van der Waals surface area contributed by atoms with Crippen LogP contribution in [0.3, 0.4) is 0 Å². The van der Waals surface area contributed by atoms with Crippen LogP contribution in [-0.2, 0) is 11.3 Å². The Hall–Kier alpha value is -2.77. The number of carbonyl (C=O) groups is 1. The molecular formula is C27H38N2O5. The molecule has 186 valence electrons. The van der Waals surface area contributed by atoms with E-state index in [4.69, 9.17) is 18.9 Å². The van der Waals surface area contributed by atoms with Gasteiger partial charge in [-0.2, -0.15) is 0 Å². The Bertz CT molecular complexity index is 898. The summed E-state index contributed by atoms with van der Waals surface area (Å²) >= 11 is 0. The summed E-state index contributed by atoms with van der Waals surface area (Å²) in [5.74, 6) is 1.86. The lowest BCUT2D eigenvalue weighted by atomic mass is 10.1. The fraction of sp³-hybridized carbons (Fsp3) is 0.519. The highest BCUT2D eigenvalue weighted by Gasteiger charge is 2.18. The van der Waals surface area contributed by atoms with Crippen LogP contribution in [0.15, 0.2) is 42.5 Å². The van der Waals surface area contributed by atoms with E-state index in [-0.39, 0.29) is 5.91 Å². The average molecular weight is 471 g/mol. The molecule has 0 atom stereocenters. The molecule has 1 aliphatic heterocycles. The fourth-order valence-electron chi connectivity index (χ4n) is 3.90. The van der Waals surface area contributed by atoms with Crippen molar-refractivity contribution in [1.82, 2.24) is 10.2 Å². The highest BCUT2D eigenvalue weighted by Crippen LogP contribution is 2.28. The van der Waals surface area contributed by atoms with Crippen molar-refractivity contribution in [2.45, 2.75) is 45.2 Å². The zero-order valence-electron chi connectivity index (χ0n) is 20.7. The van der Waals surface area contributed by atoms with E-state index < -0.39 is 0 Å². The van der Waals surface area contributed by atoms with E-state index in [1.807, 2.05) is 24.3 Å². The second kappa shape index (κ2) is 13.8. The Morgan fingerprint density at radius 3 is 2.68 bits per heavy atom. The van der Waals surface area contributed by atoms with Gasteiger partial charge in [-0.15, -0.1) is 0 Å². The lowest BCUT2D eigenvalue weighted by Gasteiger charge is -2.31. The minimum absolute atomic E-state index is 0.164. The highest BCUT2D eigenvalue weighted by molar-refractivity contribution is 5.94. The molecule has 0 bridgehead atoms. The number of ether oxygens (including phenoxy) is 4. The third-order valence-electron chi connectivity index (χ3n) is 6.06. The largest absolute Gasteiger partial charge is 0.493 e. The Kier molecular flexibility index (Phi) is 10.5. The second-order valence-electron chi connectivity index (χ2n) is 8.57. The summed E-state index contributed by atoms with van der Waals surface area (Å²) in [5, 5.41) is 2.97. The number of hydrogen-bond acceptors (Lipinski definition) is 6. The van der Waals surface area contributed by atoms with Gasteiger partial charge < -0.3 is 24.3 Å². The molecule has 0 spiro atoms. The van der Waals surface area contributed by atoms with Crippen molar-refractivity contribution in [2.24, 2.45) is 0 Å². The van der Waals surface area contributed by atoms with Crippen molar-refractivity contribution < 1.29 is 23.7 Å². The second-order valence-corrected chi connectivity index (χ2v) is 8.57. The molecule has 1 saturated heterocycles. The summed E-state index contributed by atoms with van der Waals surface area (Å²) in [6.07, 6.45) is 4.18. The van der Waals surface area contributed by atoms with Crippen LogP contribution in [0, 0.1) is 0 Å². The van der Waals surface area contributed by atoms with Gasteiger partial charge in [0.2, 0.25) is 0 Å². The van der Waals surface area contributed by atoms with E-state index >= 15 is 0 Å². The van der Waals surface area contributed by atoms with Gasteiger partial charge in [-0.05, 0) is 62.2 Å². The maximum Gasteiger partial charge on any atom is 0.251 e. The molecule has 0 aromatic heterocycles. The molecule has 34 heavy (non-hydrogen) atoms. The van der Waals surface area contributed by atoms with Crippen LogP contribution < -0.4 is 19.5 Å². The Morgan fingerprint density at radius 1 is 1.09 bits per heavy atom. The van der Waals surface area contributed by atoms with Crippen LogP contribution in [0.2, 0.25) is 0 Å². The molecule has 0 aliphatic carbocycles. The summed E-state index contributed by atoms with van der Waals surface area (Å²) < 4.78 is 22.6. The van der Waals surface area contributed by atoms with Crippen LogP contribution in [0.5, 0.6) is 17.2 Å². The number of amides is 1. The standard InChI is InChI=1S/C27H38N2O5/c1-4-5-14-34-25-10-9-22(19-26(25)31-3)27(30)28-20-21-7-6-8-24(18-21)33-17-13-29(2)23-11-15-32-16-12-23/h6-10,18-19,23H,4-5,11-17,20H2,1-3H3,(H,28,30). The van der Waals surface area contributed by atoms with Gasteiger partial charge in [-0.25, -0.2) is 0 Å². The van der Waals surface area contributed by atoms with Crippen LogP contribution in [0.1, 0.15) is 48.5 Å². The molecule has 0 radical (unpaired) electrons. The lowest BCUT2D eigenvalue weighted by molar-refractivity contribution is 0.0392. The number of carbonyl (C=O) groups excluding carboxylic acids is 1. The first kappa shape index (κ1) is 25.8. The Balaban J connectivity index is 1.47. The van der Waals surface area contributed by atoms with Gasteiger partial charge in [0.05, 0.1) is 13.7 Å². The molecule has 2 aromatic rings. The van der Waals surface area contributed by atoms with Crippen LogP contribution in [0.4, 0.5) is 0 Å². The maximum atomic E-state index is 12.7. The highest BCUT2D eigenvalue weighted by atomic mass is 16.5. The van der Waals surface area contributed by atoms with Crippen molar-refractivity contribution in [2.75, 3.05) is 47.1 Å². The Labute approximate surface area is 203 Å². The number of rotatable bonds is 13. The number of hydrogen-bond donors (Lipinski definition) is 1. The zero-order chi connectivity index (χ0) is 24.2. The average Bonchev–Trinajstić information content (AvgIpc) is 2.88. The first-order chi connectivity index (χ1) is 16.6. The molecule has 0 unspecified atom stereocenters. The molecule has 1 amide bonds. The van der Waals surface area contributed by atoms with Gasteiger partial charge in [0, 0.05) is 37.9 Å². The minimum atomic E-state index is -0.164. The molecule has 1 aliphatic rings. The third kappa shape index (κ3) is 7.92. The molecule has 1 fully saturated rings. The minimum Gasteiger partial charge on any atom is -0.493 e. The van der Waals surface area contributed by atoms with E-state index in [0.717, 1.165) is 56.8 Å². The molecule has 3 rings (SSSR count). The van der Waals surface area contributed by atoms with E-state index in [1.165, 1.54) is 0 Å². The van der Waals surface area contributed by atoms with Crippen molar-refractivity contribution in [1.29, 1.82) is 0 Å². The van der Waals surface area contributed by atoms with Gasteiger partial charge >= 0.3 is 0 Å². The molecule has 1 N–H and O–H groups in total. The number of nitrogens with one attached hydrogen (secondary N) is 1. The van der Waals surface area contributed by atoms with Gasteiger partial charge in [0.1, 0.15) is 12.4 Å². The SMILES string of the molecule is CCCCOc1ccc(C(=O)NCc2cccc(OCCN(C)C3CCOCC3)c2)cc1OC. The van der Waals surface area contributed by atoms with Crippen molar-refractivity contribution >= 4 is 5.91 Å². The summed E-state index contributed by atoms with van der Waals surface area (Å²) in [6.45, 7) is 6.32. The van der Waals surface area contributed by atoms with Gasteiger partial charge in [0.15, 0.2) is 11.5 Å². The zero-order valence-corrected chi connectivity index (χ0v) is 20.7. The maximum absolute atomic E-state index is 12.7. The topological polar surface area (TPSA) is 69.3 Å². The molecule has 2 aromatic carbocycles. The van der Waals surface area contributed by atoms with Crippen LogP contribution in [-0.4, -0.2) is 64.0 Å². The lowest BCUT2D eigenvalue weighted by Crippen LogP contribution is -2.38. The Morgan fingerprint density at radius 2 is 1.91 bits per heavy atom. The molecule has 1 heterocycles. The number of nitrogens with zero attached hydrogens (tertiary/aromatic N) is 1. The number of benzene rings is 2. The summed E-state index contributed by atoms with van der Waals surface area (Å²) in [6, 6.07) is 13.7. The molecule has 7 nitrogen and oxygen atoms in total. The number of unbranched alkanes of at least 4 members (excludes halogenated alkanes) is 1. The van der Waals surface area contributed by atoms with Crippen LogP contribution in [0.25, 0.3) is 0 Å². The van der Waals surface area contributed by atoms with Crippen molar-refractivity contribution in [3.05, 3.63) is 53.6 Å².